The highest BCUT2D eigenvalue weighted by molar-refractivity contribution is 5.87. The highest BCUT2D eigenvalue weighted by Crippen LogP contribution is 2.26. The fourth-order valence-corrected chi connectivity index (χ4v) is 2.75. The van der Waals surface area contributed by atoms with E-state index < -0.39 is 5.97 Å². The van der Waals surface area contributed by atoms with Crippen molar-refractivity contribution < 1.29 is 18.7 Å². The Balaban J connectivity index is 1.33. The molecule has 130 valence electrons. The SMILES string of the molecule is O=C(/C=C/c1ccc2c(c1)CCO2)OCc1coc(-c2ccccc2)n1. The number of hydrogen-bond acceptors (Lipinski definition) is 5. The van der Waals surface area contributed by atoms with Crippen LogP contribution < -0.4 is 4.74 Å². The molecule has 0 aliphatic carbocycles. The Labute approximate surface area is 150 Å². The van der Waals surface area contributed by atoms with Gasteiger partial charge in [-0.3, -0.25) is 0 Å². The second-order valence-electron chi connectivity index (χ2n) is 5.92. The van der Waals surface area contributed by atoms with E-state index in [1.54, 1.807) is 6.08 Å². The van der Waals surface area contributed by atoms with Crippen LogP contribution in [0.1, 0.15) is 16.8 Å². The third-order valence-electron chi connectivity index (χ3n) is 4.06. The van der Waals surface area contributed by atoms with E-state index in [-0.39, 0.29) is 6.61 Å². The lowest BCUT2D eigenvalue weighted by Crippen LogP contribution is -2.01. The van der Waals surface area contributed by atoms with Crippen molar-refractivity contribution in [2.75, 3.05) is 6.61 Å². The van der Waals surface area contributed by atoms with E-state index in [4.69, 9.17) is 13.9 Å². The summed E-state index contributed by atoms with van der Waals surface area (Å²) in [5.74, 6) is 1.00. The summed E-state index contributed by atoms with van der Waals surface area (Å²) >= 11 is 0. The van der Waals surface area contributed by atoms with Crippen molar-refractivity contribution in [2.24, 2.45) is 0 Å². The summed E-state index contributed by atoms with van der Waals surface area (Å²) in [6.45, 7) is 0.782. The number of rotatable bonds is 5. The molecule has 1 aromatic heterocycles. The van der Waals surface area contributed by atoms with Gasteiger partial charge in [0.15, 0.2) is 0 Å². The third-order valence-corrected chi connectivity index (χ3v) is 4.06. The first kappa shape index (κ1) is 16.1. The monoisotopic (exact) mass is 347 g/mol. The third kappa shape index (κ3) is 3.67. The highest BCUT2D eigenvalue weighted by Gasteiger charge is 2.11. The van der Waals surface area contributed by atoms with E-state index in [9.17, 15) is 4.79 Å². The molecular weight excluding hydrogens is 330 g/mol. The van der Waals surface area contributed by atoms with Crippen LogP contribution in [-0.4, -0.2) is 17.6 Å². The van der Waals surface area contributed by atoms with Gasteiger partial charge in [0.25, 0.3) is 0 Å². The maximum Gasteiger partial charge on any atom is 0.331 e. The molecule has 3 aromatic rings. The van der Waals surface area contributed by atoms with Crippen LogP contribution in [0.25, 0.3) is 17.5 Å². The predicted molar refractivity (Wildman–Crippen MR) is 96.4 cm³/mol. The molecule has 0 bridgehead atoms. The van der Waals surface area contributed by atoms with E-state index in [0.29, 0.717) is 18.2 Å². The molecule has 0 N–H and O–H groups in total. The second kappa shape index (κ2) is 7.27. The van der Waals surface area contributed by atoms with E-state index in [2.05, 4.69) is 4.98 Å². The molecule has 1 aliphatic rings. The quantitative estimate of drug-likeness (QED) is 0.515. The zero-order chi connectivity index (χ0) is 17.8. The number of carbonyl (C=O) groups excluding carboxylic acids is 1. The maximum absolute atomic E-state index is 11.9. The molecule has 5 heteroatoms. The second-order valence-corrected chi connectivity index (χ2v) is 5.92. The summed E-state index contributed by atoms with van der Waals surface area (Å²) < 4.78 is 16.1. The van der Waals surface area contributed by atoms with Gasteiger partial charge in [-0.2, -0.15) is 0 Å². The van der Waals surface area contributed by atoms with E-state index in [1.807, 2.05) is 48.5 Å². The smallest absolute Gasteiger partial charge is 0.331 e. The number of esters is 1. The highest BCUT2D eigenvalue weighted by atomic mass is 16.5. The summed E-state index contributed by atoms with van der Waals surface area (Å²) in [5.41, 5.74) is 3.56. The van der Waals surface area contributed by atoms with Crippen LogP contribution in [-0.2, 0) is 22.6 Å². The van der Waals surface area contributed by atoms with Crippen LogP contribution in [0.4, 0.5) is 0 Å². The zero-order valence-corrected chi connectivity index (χ0v) is 14.1. The van der Waals surface area contributed by atoms with Crippen LogP contribution in [0.5, 0.6) is 5.75 Å². The Morgan fingerprint density at radius 1 is 1.19 bits per heavy atom. The molecule has 2 heterocycles. The van der Waals surface area contributed by atoms with Crippen molar-refractivity contribution >= 4 is 12.0 Å². The molecule has 0 saturated heterocycles. The minimum Gasteiger partial charge on any atom is -0.493 e. The Hall–Kier alpha value is -3.34. The van der Waals surface area contributed by atoms with Gasteiger partial charge in [-0.15, -0.1) is 0 Å². The maximum atomic E-state index is 11.9. The van der Waals surface area contributed by atoms with Crippen molar-refractivity contribution in [1.82, 2.24) is 4.98 Å². The first-order chi connectivity index (χ1) is 12.8. The van der Waals surface area contributed by atoms with Gasteiger partial charge >= 0.3 is 5.97 Å². The predicted octanol–water partition coefficient (Wildman–Crippen LogP) is 4.03. The summed E-state index contributed by atoms with van der Waals surface area (Å²) in [7, 11) is 0. The van der Waals surface area contributed by atoms with Crippen molar-refractivity contribution in [3.05, 3.63) is 77.7 Å². The average molecular weight is 347 g/mol. The van der Waals surface area contributed by atoms with Crippen molar-refractivity contribution in [2.45, 2.75) is 13.0 Å². The fraction of sp³-hybridized carbons (Fsp3) is 0.143. The number of fused-ring (bicyclic) bond motifs is 1. The van der Waals surface area contributed by atoms with Crippen LogP contribution in [0.3, 0.4) is 0 Å². The van der Waals surface area contributed by atoms with E-state index in [0.717, 1.165) is 28.9 Å². The molecule has 1 aliphatic heterocycles. The van der Waals surface area contributed by atoms with Crippen LogP contribution >= 0.6 is 0 Å². The Bertz CT molecular complexity index is 944. The summed E-state index contributed by atoms with van der Waals surface area (Å²) in [6.07, 6.45) is 5.55. The lowest BCUT2D eigenvalue weighted by Gasteiger charge is -2.00. The van der Waals surface area contributed by atoms with Gasteiger partial charge in [-0.05, 0) is 41.5 Å². The van der Waals surface area contributed by atoms with Gasteiger partial charge in [0.1, 0.15) is 24.3 Å². The first-order valence-electron chi connectivity index (χ1n) is 8.38. The number of ether oxygens (including phenoxy) is 2. The summed E-state index contributed by atoms with van der Waals surface area (Å²) in [6, 6.07) is 15.4. The van der Waals surface area contributed by atoms with Crippen LogP contribution in [0.2, 0.25) is 0 Å². The molecule has 0 unspecified atom stereocenters. The molecule has 4 rings (SSSR count). The molecule has 0 saturated carbocycles. The van der Waals surface area contributed by atoms with Crippen molar-refractivity contribution in [3.63, 3.8) is 0 Å². The Morgan fingerprint density at radius 3 is 2.96 bits per heavy atom. The number of nitrogens with zero attached hydrogens (tertiary/aromatic N) is 1. The Morgan fingerprint density at radius 2 is 2.08 bits per heavy atom. The lowest BCUT2D eigenvalue weighted by molar-refractivity contribution is -0.139. The summed E-state index contributed by atoms with van der Waals surface area (Å²) in [4.78, 5) is 16.2. The van der Waals surface area contributed by atoms with Crippen LogP contribution in [0, 0.1) is 0 Å². The standard InChI is InChI=1S/C21H17NO4/c23-20(9-7-15-6-8-19-17(12-15)10-11-24-19)25-13-18-14-26-21(22-18)16-4-2-1-3-5-16/h1-9,12,14H,10-11,13H2/b9-7+. The van der Waals surface area contributed by atoms with Gasteiger partial charge in [-0.1, -0.05) is 24.3 Å². The number of oxazole rings is 1. The van der Waals surface area contributed by atoms with Gasteiger partial charge < -0.3 is 13.9 Å². The van der Waals surface area contributed by atoms with E-state index in [1.165, 1.54) is 12.3 Å². The minimum atomic E-state index is -0.425. The van der Waals surface area contributed by atoms with Crippen molar-refractivity contribution in [3.8, 4) is 17.2 Å². The summed E-state index contributed by atoms with van der Waals surface area (Å²) in [5, 5.41) is 0. The molecular formula is C21H17NO4. The van der Waals surface area contributed by atoms with Gasteiger partial charge in [0, 0.05) is 18.1 Å². The molecule has 0 fully saturated rings. The Kier molecular flexibility index (Phi) is 4.51. The van der Waals surface area contributed by atoms with E-state index >= 15 is 0 Å². The molecule has 0 radical (unpaired) electrons. The average Bonchev–Trinajstić information content (AvgIpc) is 3.34. The molecule has 26 heavy (non-hydrogen) atoms. The van der Waals surface area contributed by atoms with Gasteiger partial charge in [0.05, 0.1) is 6.61 Å². The minimum absolute atomic E-state index is 0.0670. The van der Waals surface area contributed by atoms with Gasteiger partial charge in [0.2, 0.25) is 5.89 Å². The number of aromatic nitrogens is 1. The van der Waals surface area contributed by atoms with Crippen LogP contribution in [0.15, 0.2) is 65.3 Å². The zero-order valence-electron chi connectivity index (χ0n) is 14.1. The molecule has 0 atom stereocenters. The fourth-order valence-electron chi connectivity index (χ4n) is 2.75. The normalized spacial score (nSPS) is 12.8. The molecule has 2 aromatic carbocycles. The first-order valence-corrected chi connectivity index (χ1v) is 8.38. The number of benzene rings is 2. The molecule has 5 nitrogen and oxygen atoms in total. The molecule has 0 spiro atoms. The lowest BCUT2D eigenvalue weighted by atomic mass is 10.1. The largest absolute Gasteiger partial charge is 0.493 e. The van der Waals surface area contributed by atoms with Gasteiger partial charge in [-0.25, -0.2) is 9.78 Å². The molecule has 0 amide bonds. The van der Waals surface area contributed by atoms with Crippen molar-refractivity contribution in [1.29, 1.82) is 0 Å². The number of hydrogen-bond donors (Lipinski definition) is 0. The number of carbonyl (C=O) groups is 1. The topological polar surface area (TPSA) is 61.6 Å².